The maximum Gasteiger partial charge on any atom is 0.355 e. The number of amides is 1. The first kappa shape index (κ1) is 20.4. The van der Waals surface area contributed by atoms with E-state index >= 15 is 0 Å². The van der Waals surface area contributed by atoms with Crippen molar-refractivity contribution < 1.29 is 19.1 Å². The first-order valence-electron chi connectivity index (χ1n) is 8.76. The van der Waals surface area contributed by atoms with Gasteiger partial charge in [-0.15, -0.1) is 11.3 Å². The molecule has 0 saturated heterocycles. The van der Waals surface area contributed by atoms with E-state index in [1.165, 1.54) is 11.3 Å². The molecule has 0 radical (unpaired) electrons. The number of methoxy groups -OCH3 is 1. The fourth-order valence-electron chi connectivity index (χ4n) is 2.85. The van der Waals surface area contributed by atoms with Crippen LogP contribution >= 0.6 is 27.3 Å². The van der Waals surface area contributed by atoms with Gasteiger partial charge in [-0.1, -0.05) is 15.9 Å². The predicted molar refractivity (Wildman–Crippen MR) is 113 cm³/mol. The van der Waals surface area contributed by atoms with Gasteiger partial charge in [-0.25, -0.2) is 4.79 Å². The van der Waals surface area contributed by atoms with E-state index in [1.54, 1.807) is 31.6 Å². The second-order valence-electron chi connectivity index (χ2n) is 6.48. The summed E-state index contributed by atoms with van der Waals surface area (Å²) < 4.78 is 13.3. The first-order chi connectivity index (χ1) is 13.4. The molecule has 1 N–H and O–H groups in total. The van der Waals surface area contributed by atoms with Gasteiger partial charge in [0.05, 0.1) is 13.2 Å². The van der Waals surface area contributed by atoms with Crippen molar-refractivity contribution in [1.29, 1.82) is 0 Å². The Morgan fingerprint density at radius 1 is 1.25 bits per heavy atom. The number of carbonyl (C=O) groups is 2. The maximum atomic E-state index is 12.6. The van der Waals surface area contributed by atoms with Gasteiger partial charge < -0.3 is 19.4 Å². The number of halogens is 1. The molecule has 1 amide bonds. The van der Waals surface area contributed by atoms with Crippen LogP contribution in [0.5, 0.6) is 5.75 Å². The van der Waals surface area contributed by atoms with Gasteiger partial charge in [0.2, 0.25) is 5.91 Å². The van der Waals surface area contributed by atoms with E-state index in [0.717, 1.165) is 20.3 Å². The Labute approximate surface area is 175 Å². The molecule has 2 heterocycles. The number of carbonyl (C=O) groups excluding carboxylic acids is 2. The van der Waals surface area contributed by atoms with Crippen LogP contribution in [0.1, 0.15) is 29.9 Å². The molecule has 2 aromatic heterocycles. The molecule has 0 saturated carbocycles. The Hall–Kier alpha value is -2.32. The lowest BCUT2D eigenvalue weighted by atomic mass is 10.2. The van der Waals surface area contributed by atoms with E-state index in [0.29, 0.717) is 18.0 Å². The third kappa shape index (κ3) is 4.56. The van der Waals surface area contributed by atoms with Crippen molar-refractivity contribution in [3.8, 4) is 5.75 Å². The van der Waals surface area contributed by atoms with Crippen LogP contribution in [-0.2, 0) is 22.6 Å². The van der Waals surface area contributed by atoms with Crippen molar-refractivity contribution in [2.75, 3.05) is 7.11 Å². The number of hydrogen-bond donors (Lipinski definition) is 1. The predicted octanol–water partition coefficient (Wildman–Crippen LogP) is 4.36. The third-order valence-electron chi connectivity index (χ3n) is 4.07. The van der Waals surface area contributed by atoms with Crippen LogP contribution in [0.2, 0.25) is 0 Å². The first-order valence-corrected chi connectivity index (χ1v) is 10.4. The Bertz CT molecular complexity index is 1010. The zero-order valence-electron chi connectivity index (χ0n) is 15.8. The summed E-state index contributed by atoms with van der Waals surface area (Å²) >= 11 is 4.91. The summed E-state index contributed by atoms with van der Waals surface area (Å²) in [6, 6.07) is 9.31. The molecule has 0 aliphatic heterocycles. The summed E-state index contributed by atoms with van der Waals surface area (Å²) in [6.45, 7) is 3.95. The summed E-state index contributed by atoms with van der Waals surface area (Å²) in [5.74, 6) is 0.0673. The number of thiophene rings is 1. The van der Waals surface area contributed by atoms with Gasteiger partial charge in [-0.2, -0.15) is 0 Å². The second kappa shape index (κ2) is 8.79. The number of esters is 1. The number of benzene rings is 1. The summed E-state index contributed by atoms with van der Waals surface area (Å²) in [7, 11) is 1.59. The maximum absolute atomic E-state index is 12.6. The van der Waals surface area contributed by atoms with Crippen molar-refractivity contribution in [3.05, 3.63) is 51.4 Å². The third-order valence-corrected chi connectivity index (χ3v) is 5.52. The van der Waals surface area contributed by atoms with Gasteiger partial charge in [-0.3, -0.25) is 4.79 Å². The van der Waals surface area contributed by atoms with Crippen molar-refractivity contribution in [3.63, 3.8) is 0 Å². The van der Waals surface area contributed by atoms with Crippen LogP contribution in [0.4, 0.5) is 0 Å². The molecule has 0 atom stereocenters. The Morgan fingerprint density at radius 2 is 2.04 bits per heavy atom. The molecule has 28 heavy (non-hydrogen) atoms. The SMILES string of the molecule is COc1ccc(Br)cc1CNC(=O)Cn1c(C(=O)OC(C)C)cc2ccsc21. The van der Waals surface area contributed by atoms with Gasteiger partial charge in [0, 0.05) is 22.0 Å². The van der Waals surface area contributed by atoms with Gasteiger partial charge >= 0.3 is 5.97 Å². The zero-order valence-corrected chi connectivity index (χ0v) is 18.2. The fraction of sp³-hybridized carbons (Fsp3) is 0.300. The Kier molecular flexibility index (Phi) is 6.41. The lowest BCUT2D eigenvalue weighted by Crippen LogP contribution is -2.28. The lowest BCUT2D eigenvalue weighted by Gasteiger charge is -2.13. The van der Waals surface area contributed by atoms with Gasteiger partial charge in [0.1, 0.15) is 22.8 Å². The second-order valence-corrected chi connectivity index (χ2v) is 8.29. The zero-order chi connectivity index (χ0) is 20.3. The van der Waals surface area contributed by atoms with E-state index in [9.17, 15) is 9.59 Å². The number of aromatic nitrogens is 1. The topological polar surface area (TPSA) is 69.6 Å². The quantitative estimate of drug-likeness (QED) is 0.527. The minimum Gasteiger partial charge on any atom is -0.496 e. The standard InChI is InChI=1S/C20H21BrN2O4S/c1-12(2)27-20(25)16-9-13-6-7-28-19(13)23(16)11-18(24)22-10-14-8-15(21)4-5-17(14)26-3/h4-9,12H,10-11H2,1-3H3,(H,22,24). The molecule has 0 fully saturated rings. The summed E-state index contributed by atoms with van der Waals surface area (Å²) in [5.41, 5.74) is 1.24. The number of rotatable bonds is 7. The lowest BCUT2D eigenvalue weighted by molar-refractivity contribution is -0.121. The van der Waals surface area contributed by atoms with E-state index in [1.807, 2.05) is 29.6 Å². The van der Waals surface area contributed by atoms with Crippen LogP contribution in [0.25, 0.3) is 10.2 Å². The monoisotopic (exact) mass is 464 g/mol. The molecule has 1 aromatic carbocycles. The minimum absolute atomic E-state index is 0.0306. The molecule has 3 rings (SSSR count). The number of fused-ring (bicyclic) bond motifs is 1. The molecular weight excluding hydrogens is 444 g/mol. The van der Waals surface area contributed by atoms with Crippen molar-refractivity contribution in [2.24, 2.45) is 0 Å². The van der Waals surface area contributed by atoms with Crippen LogP contribution < -0.4 is 10.1 Å². The van der Waals surface area contributed by atoms with E-state index in [2.05, 4.69) is 21.2 Å². The highest BCUT2D eigenvalue weighted by atomic mass is 79.9. The molecule has 0 aliphatic rings. The molecule has 6 nitrogen and oxygen atoms in total. The van der Waals surface area contributed by atoms with Crippen LogP contribution in [0, 0.1) is 0 Å². The highest BCUT2D eigenvalue weighted by Crippen LogP contribution is 2.26. The highest BCUT2D eigenvalue weighted by Gasteiger charge is 2.20. The van der Waals surface area contributed by atoms with Crippen LogP contribution in [-0.4, -0.2) is 29.7 Å². The molecular formula is C20H21BrN2O4S. The Balaban J connectivity index is 1.77. The molecule has 0 unspecified atom stereocenters. The van der Waals surface area contributed by atoms with Gasteiger partial charge in [0.25, 0.3) is 0 Å². The largest absolute Gasteiger partial charge is 0.496 e. The molecule has 0 spiro atoms. The smallest absolute Gasteiger partial charge is 0.355 e. The highest BCUT2D eigenvalue weighted by molar-refractivity contribution is 9.10. The van der Waals surface area contributed by atoms with Crippen LogP contribution in [0.3, 0.4) is 0 Å². The summed E-state index contributed by atoms with van der Waals surface area (Å²) in [5, 5.41) is 5.75. The van der Waals surface area contributed by atoms with Gasteiger partial charge in [0.15, 0.2) is 0 Å². The molecule has 8 heteroatoms. The number of nitrogens with zero attached hydrogens (tertiary/aromatic N) is 1. The van der Waals surface area contributed by atoms with Crippen molar-refractivity contribution in [2.45, 2.75) is 33.0 Å². The molecule has 0 aliphatic carbocycles. The van der Waals surface area contributed by atoms with Crippen molar-refractivity contribution >= 4 is 49.4 Å². The summed E-state index contributed by atoms with van der Waals surface area (Å²) in [4.78, 5) is 25.9. The number of hydrogen-bond acceptors (Lipinski definition) is 5. The molecule has 3 aromatic rings. The normalized spacial score (nSPS) is 11.0. The van der Waals surface area contributed by atoms with Crippen molar-refractivity contribution in [1.82, 2.24) is 9.88 Å². The minimum atomic E-state index is -0.431. The Morgan fingerprint density at radius 3 is 2.75 bits per heavy atom. The van der Waals surface area contributed by atoms with E-state index < -0.39 is 5.97 Å². The van der Waals surface area contributed by atoms with E-state index in [-0.39, 0.29) is 18.6 Å². The fourth-order valence-corrected chi connectivity index (χ4v) is 4.16. The van der Waals surface area contributed by atoms with E-state index in [4.69, 9.17) is 9.47 Å². The number of nitrogens with one attached hydrogen (secondary N) is 1. The molecule has 148 valence electrons. The van der Waals surface area contributed by atoms with Gasteiger partial charge in [-0.05, 0) is 49.6 Å². The van der Waals surface area contributed by atoms with Crippen LogP contribution in [0.15, 0.2) is 40.2 Å². The number of ether oxygens (including phenoxy) is 2. The average Bonchev–Trinajstić information content (AvgIpc) is 3.22. The molecule has 0 bridgehead atoms. The summed E-state index contributed by atoms with van der Waals surface area (Å²) in [6.07, 6.45) is -0.230. The average molecular weight is 465 g/mol.